The first-order valence-electron chi connectivity index (χ1n) is 7.96. The molecule has 1 heterocycles. The lowest BCUT2D eigenvalue weighted by molar-refractivity contribution is -0.239. The molecule has 2 atom stereocenters. The first-order chi connectivity index (χ1) is 11.1. The molecule has 0 N–H and O–H groups in total. The van der Waals surface area contributed by atoms with Crippen molar-refractivity contribution in [1.29, 1.82) is 0 Å². The molecule has 0 spiro atoms. The Morgan fingerprint density at radius 1 is 1.17 bits per heavy atom. The van der Waals surface area contributed by atoms with Crippen LogP contribution in [-0.4, -0.2) is 25.5 Å². The van der Waals surface area contributed by atoms with Crippen molar-refractivity contribution in [3.05, 3.63) is 65.8 Å². The van der Waals surface area contributed by atoms with Crippen LogP contribution in [0.3, 0.4) is 0 Å². The van der Waals surface area contributed by atoms with Gasteiger partial charge < -0.3 is 9.47 Å². The molecule has 1 aliphatic heterocycles. The Labute approximate surface area is 139 Å². The highest BCUT2D eigenvalue weighted by Crippen LogP contribution is 2.29. The van der Waals surface area contributed by atoms with Gasteiger partial charge in [-0.25, -0.2) is 0 Å². The van der Waals surface area contributed by atoms with Gasteiger partial charge in [-0.3, -0.25) is 4.99 Å². The average molecular weight is 311 g/mol. The number of hydrogen-bond donors (Lipinski definition) is 0. The van der Waals surface area contributed by atoms with E-state index in [9.17, 15) is 0 Å². The minimum atomic E-state index is -0.267. The normalized spacial score (nSPS) is 26.0. The van der Waals surface area contributed by atoms with Gasteiger partial charge in [0.2, 0.25) is 0 Å². The highest BCUT2D eigenvalue weighted by atomic mass is 16.7. The average Bonchev–Trinajstić information content (AvgIpc) is 2.54. The van der Waals surface area contributed by atoms with Crippen molar-refractivity contribution in [1.82, 2.24) is 0 Å². The predicted molar refractivity (Wildman–Crippen MR) is 96.6 cm³/mol. The number of rotatable bonds is 5. The van der Waals surface area contributed by atoms with Gasteiger partial charge in [0.25, 0.3) is 0 Å². The van der Waals surface area contributed by atoms with E-state index in [1.165, 1.54) is 0 Å². The predicted octanol–water partition coefficient (Wildman–Crippen LogP) is 4.73. The molecule has 3 nitrogen and oxygen atoms in total. The number of nitrogens with zero attached hydrogens (tertiary/aromatic N) is 1. The van der Waals surface area contributed by atoms with E-state index in [0.29, 0.717) is 0 Å². The molecule has 2 unspecified atom stereocenters. The summed E-state index contributed by atoms with van der Waals surface area (Å²) >= 11 is 0. The van der Waals surface area contributed by atoms with E-state index in [-0.39, 0.29) is 18.5 Å². The zero-order valence-corrected chi connectivity index (χ0v) is 14.1. The molecule has 23 heavy (non-hydrogen) atoms. The van der Waals surface area contributed by atoms with Crippen LogP contribution in [-0.2, 0) is 9.47 Å². The highest BCUT2D eigenvalue weighted by Gasteiger charge is 2.25. The second-order valence-electron chi connectivity index (χ2n) is 5.74. The largest absolute Gasteiger partial charge is 0.345 e. The van der Waals surface area contributed by atoms with Crippen molar-refractivity contribution in [3.63, 3.8) is 0 Å². The Bertz CT molecular complexity index is 589. The Balaban J connectivity index is 2.06. The molecule has 1 aromatic rings. The molecule has 0 bridgehead atoms. The topological polar surface area (TPSA) is 30.8 Å². The van der Waals surface area contributed by atoms with E-state index < -0.39 is 0 Å². The smallest absolute Gasteiger partial charge is 0.184 e. The molecule has 0 amide bonds. The summed E-state index contributed by atoms with van der Waals surface area (Å²) in [5, 5.41) is 0. The number of ether oxygens (including phenoxy) is 2. The first kappa shape index (κ1) is 17.4. The van der Waals surface area contributed by atoms with Crippen molar-refractivity contribution in [3.8, 4) is 0 Å². The highest BCUT2D eigenvalue weighted by molar-refractivity contribution is 5.74. The van der Waals surface area contributed by atoms with Crippen molar-refractivity contribution in [2.24, 2.45) is 4.99 Å². The van der Waals surface area contributed by atoms with Crippen LogP contribution in [0.4, 0.5) is 0 Å². The molecule has 1 aromatic carbocycles. The molecule has 122 valence electrons. The third-order valence-electron chi connectivity index (χ3n) is 3.70. The molecule has 0 aliphatic carbocycles. The van der Waals surface area contributed by atoms with Crippen LogP contribution >= 0.6 is 0 Å². The third-order valence-corrected chi connectivity index (χ3v) is 3.70. The van der Waals surface area contributed by atoms with Gasteiger partial charge in [0.05, 0.1) is 12.2 Å². The fraction of sp³-hybridized carbons (Fsp3) is 0.350. The van der Waals surface area contributed by atoms with E-state index in [2.05, 4.69) is 55.8 Å². The molecule has 1 aliphatic rings. The van der Waals surface area contributed by atoms with E-state index in [1.54, 1.807) is 19.3 Å². The van der Waals surface area contributed by atoms with Crippen molar-refractivity contribution >= 4 is 12.3 Å². The first-order valence-corrected chi connectivity index (χ1v) is 7.96. The Kier molecular flexibility index (Phi) is 6.51. The molecule has 3 heteroatoms. The molecule has 1 saturated heterocycles. The van der Waals surface area contributed by atoms with Crippen LogP contribution < -0.4 is 0 Å². The summed E-state index contributed by atoms with van der Waals surface area (Å²) in [6, 6.07) is 8.24. The van der Waals surface area contributed by atoms with E-state index in [1.807, 2.05) is 12.2 Å². The van der Waals surface area contributed by atoms with Crippen LogP contribution in [0, 0.1) is 0 Å². The van der Waals surface area contributed by atoms with Crippen molar-refractivity contribution in [2.45, 2.75) is 38.8 Å². The van der Waals surface area contributed by atoms with Gasteiger partial charge in [-0.1, -0.05) is 49.1 Å². The van der Waals surface area contributed by atoms with Gasteiger partial charge in [-0.2, -0.15) is 0 Å². The molecule has 0 aromatic heterocycles. The Morgan fingerprint density at radius 3 is 2.39 bits per heavy atom. The fourth-order valence-corrected chi connectivity index (χ4v) is 2.50. The maximum absolute atomic E-state index is 5.87. The molecular formula is C20H25NO2. The lowest BCUT2D eigenvalue weighted by Crippen LogP contribution is -2.30. The van der Waals surface area contributed by atoms with E-state index in [4.69, 9.17) is 9.47 Å². The number of benzene rings is 1. The van der Waals surface area contributed by atoms with Gasteiger partial charge in [0, 0.05) is 18.8 Å². The zero-order valence-electron chi connectivity index (χ0n) is 14.1. The monoisotopic (exact) mass is 311 g/mol. The van der Waals surface area contributed by atoms with Crippen molar-refractivity contribution in [2.75, 3.05) is 7.05 Å². The van der Waals surface area contributed by atoms with E-state index >= 15 is 0 Å². The summed E-state index contributed by atoms with van der Waals surface area (Å²) in [4.78, 5) is 3.94. The van der Waals surface area contributed by atoms with Crippen LogP contribution in [0.25, 0.3) is 6.08 Å². The molecular weight excluding hydrogens is 286 g/mol. The fourth-order valence-electron chi connectivity index (χ4n) is 2.50. The zero-order chi connectivity index (χ0) is 16.7. The van der Waals surface area contributed by atoms with E-state index in [0.717, 1.165) is 23.1 Å². The number of allylic oxidation sites excluding steroid dienone is 4. The standard InChI is InChI=1S/C20H25NO2/c1-5-17(12-13-21-4)6-7-18-8-10-19(11-9-18)20-22-15(2)14-16(3)23-20/h5-13,15-16,20H,1,14H2,2-4H3/b7-6+,17-12+,21-13+. The van der Waals surface area contributed by atoms with Gasteiger partial charge in [0.15, 0.2) is 6.29 Å². The Hall–Kier alpha value is -1.97. The molecule has 0 radical (unpaired) electrons. The van der Waals surface area contributed by atoms with Crippen LogP contribution in [0.5, 0.6) is 0 Å². The second-order valence-corrected chi connectivity index (χ2v) is 5.74. The van der Waals surface area contributed by atoms with Crippen LogP contribution in [0.1, 0.15) is 37.7 Å². The van der Waals surface area contributed by atoms with Gasteiger partial charge in [-0.05, 0) is 37.5 Å². The summed E-state index contributed by atoms with van der Waals surface area (Å²) in [5.41, 5.74) is 3.19. The molecule has 1 fully saturated rings. The molecule has 2 rings (SSSR count). The lowest BCUT2D eigenvalue weighted by Gasteiger charge is -2.32. The lowest BCUT2D eigenvalue weighted by atomic mass is 10.1. The SMILES string of the molecule is C=CC(/C=C/c1ccc(C2OC(C)CC(C)O2)cc1)=C\C=N\C. The van der Waals surface area contributed by atoms with Crippen LogP contribution in [0.15, 0.2) is 59.6 Å². The number of hydrogen-bond acceptors (Lipinski definition) is 3. The minimum absolute atomic E-state index is 0.226. The third kappa shape index (κ3) is 5.31. The quantitative estimate of drug-likeness (QED) is 0.581. The number of aliphatic imine (C=N–C) groups is 1. The maximum atomic E-state index is 5.87. The van der Waals surface area contributed by atoms with Crippen molar-refractivity contribution < 1.29 is 9.47 Å². The Morgan fingerprint density at radius 2 is 1.83 bits per heavy atom. The van der Waals surface area contributed by atoms with Crippen LogP contribution in [0.2, 0.25) is 0 Å². The summed E-state index contributed by atoms with van der Waals surface area (Å²) in [6.07, 6.45) is 10.7. The maximum Gasteiger partial charge on any atom is 0.184 e. The van der Waals surface area contributed by atoms with Gasteiger partial charge in [0.1, 0.15) is 0 Å². The molecule has 0 saturated carbocycles. The summed E-state index contributed by atoms with van der Waals surface area (Å²) in [6.45, 7) is 7.98. The summed E-state index contributed by atoms with van der Waals surface area (Å²) in [7, 11) is 1.75. The second kappa shape index (κ2) is 8.61. The summed E-state index contributed by atoms with van der Waals surface area (Å²) < 4.78 is 11.7. The minimum Gasteiger partial charge on any atom is -0.345 e. The van der Waals surface area contributed by atoms with Gasteiger partial charge in [-0.15, -0.1) is 0 Å². The summed E-state index contributed by atoms with van der Waals surface area (Å²) in [5.74, 6) is 0. The van der Waals surface area contributed by atoms with Gasteiger partial charge >= 0.3 is 0 Å².